The summed E-state index contributed by atoms with van der Waals surface area (Å²) >= 11 is 0. The van der Waals surface area contributed by atoms with Gasteiger partial charge in [0.1, 0.15) is 5.75 Å². The predicted molar refractivity (Wildman–Crippen MR) is 67.4 cm³/mol. The minimum absolute atomic E-state index is 0.294. The van der Waals surface area contributed by atoms with Crippen LogP contribution in [0.25, 0.3) is 0 Å². The molecule has 17 heavy (non-hydrogen) atoms. The third-order valence-electron chi connectivity index (χ3n) is 2.80. The van der Waals surface area contributed by atoms with Gasteiger partial charge in [0.15, 0.2) is 0 Å². The molecule has 0 aliphatic rings. The molecule has 1 rings (SSSR count). The van der Waals surface area contributed by atoms with E-state index in [1.54, 1.807) is 6.92 Å². The molecular weight excluding hydrogens is 216 g/mol. The smallest absolute Gasteiger partial charge is 0.306 e. The van der Waals surface area contributed by atoms with Crippen LogP contribution in [0.2, 0.25) is 0 Å². The minimum Gasteiger partial charge on any atom is -0.493 e. The maximum atomic E-state index is 10.6. The van der Waals surface area contributed by atoms with Crippen molar-refractivity contribution in [1.29, 1.82) is 0 Å². The lowest BCUT2D eigenvalue weighted by Gasteiger charge is -2.10. The van der Waals surface area contributed by atoms with Crippen LogP contribution in [0.1, 0.15) is 30.9 Å². The van der Waals surface area contributed by atoms with E-state index >= 15 is 0 Å². The highest BCUT2D eigenvalue weighted by Crippen LogP contribution is 2.19. The van der Waals surface area contributed by atoms with Crippen LogP contribution < -0.4 is 4.74 Å². The number of hydrogen-bond acceptors (Lipinski definition) is 2. The number of aryl methyl sites for hydroxylation is 2. The molecule has 0 unspecified atom stereocenters. The molecule has 0 fully saturated rings. The van der Waals surface area contributed by atoms with Crippen molar-refractivity contribution in [3.8, 4) is 5.75 Å². The first-order valence-electron chi connectivity index (χ1n) is 5.93. The maximum Gasteiger partial charge on any atom is 0.306 e. The van der Waals surface area contributed by atoms with E-state index in [0.29, 0.717) is 13.0 Å². The molecule has 0 saturated heterocycles. The van der Waals surface area contributed by atoms with E-state index in [2.05, 4.69) is 6.07 Å². The van der Waals surface area contributed by atoms with Gasteiger partial charge < -0.3 is 9.84 Å². The molecule has 0 aliphatic heterocycles. The summed E-state index contributed by atoms with van der Waals surface area (Å²) in [6.45, 7) is 6.33. The van der Waals surface area contributed by atoms with E-state index in [-0.39, 0.29) is 5.92 Å². The van der Waals surface area contributed by atoms with Gasteiger partial charge in [-0.2, -0.15) is 0 Å². The first-order chi connectivity index (χ1) is 8.00. The maximum absolute atomic E-state index is 10.6. The summed E-state index contributed by atoms with van der Waals surface area (Å²) in [5.41, 5.74) is 2.28. The summed E-state index contributed by atoms with van der Waals surface area (Å²) in [4.78, 5) is 10.6. The van der Waals surface area contributed by atoms with E-state index in [1.807, 2.05) is 26.0 Å². The van der Waals surface area contributed by atoms with Crippen LogP contribution in [-0.4, -0.2) is 17.7 Å². The van der Waals surface area contributed by atoms with Gasteiger partial charge in [0, 0.05) is 0 Å². The highest BCUT2D eigenvalue weighted by molar-refractivity contribution is 5.69. The van der Waals surface area contributed by atoms with Gasteiger partial charge in [-0.25, -0.2) is 0 Å². The van der Waals surface area contributed by atoms with Gasteiger partial charge in [0.2, 0.25) is 0 Å². The van der Waals surface area contributed by atoms with Gasteiger partial charge >= 0.3 is 5.97 Å². The Morgan fingerprint density at radius 1 is 1.41 bits per heavy atom. The third kappa shape index (κ3) is 4.47. The van der Waals surface area contributed by atoms with Crippen LogP contribution in [0, 0.1) is 19.8 Å². The molecule has 0 heterocycles. The molecule has 3 heteroatoms. The van der Waals surface area contributed by atoms with Gasteiger partial charge in [-0.1, -0.05) is 19.1 Å². The topological polar surface area (TPSA) is 46.5 Å². The average molecular weight is 236 g/mol. The zero-order valence-electron chi connectivity index (χ0n) is 10.7. The summed E-state index contributed by atoms with van der Waals surface area (Å²) in [7, 11) is 0. The van der Waals surface area contributed by atoms with Gasteiger partial charge in [-0.15, -0.1) is 0 Å². The zero-order chi connectivity index (χ0) is 12.8. The Morgan fingerprint density at radius 3 is 2.76 bits per heavy atom. The lowest BCUT2D eigenvalue weighted by Crippen LogP contribution is -2.11. The van der Waals surface area contributed by atoms with Crippen LogP contribution >= 0.6 is 0 Å². The largest absolute Gasteiger partial charge is 0.493 e. The lowest BCUT2D eigenvalue weighted by molar-refractivity contribution is -0.141. The Bertz CT molecular complexity index is 385. The van der Waals surface area contributed by atoms with E-state index in [1.165, 1.54) is 5.56 Å². The fourth-order valence-electron chi connectivity index (χ4n) is 1.56. The SMILES string of the molecule is Cc1ccc(C)c(OCCC[C@H](C)C(=O)O)c1. The number of hydrogen-bond donors (Lipinski definition) is 1. The zero-order valence-corrected chi connectivity index (χ0v) is 10.7. The van der Waals surface area contributed by atoms with Crippen molar-refractivity contribution in [2.24, 2.45) is 5.92 Å². The van der Waals surface area contributed by atoms with Crippen molar-refractivity contribution in [2.75, 3.05) is 6.61 Å². The van der Waals surface area contributed by atoms with E-state index in [0.717, 1.165) is 17.7 Å². The van der Waals surface area contributed by atoms with E-state index < -0.39 is 5.97 Å². The van der Waals surface area contributed by atoms with Gasteiger partial charge in [0.05, 0.1) is 12.5 Å². The second-order valence-corrected chi connectivity index (χ2v) is 4.50. The molecule has 3 nitrogen and oxygen atoms in total. The Morgan fingerprint density at radius 2 is 2.12 bits per heavy atom. The molecule has 0 amide bonds. The average Bonchev–Trinajstić information content (AvgIpc) is 2.28. The number of rotatable bonds is 6. The molecule has 1 atom stereocenters. The van der Waals surface area contributed by atoms with Crippen molar-refractivity contribution in [3.05, 3.63) is 29.3 Å². The molecule has 0 spiro atoms. The summed E-state index contributed by atoms with van der Waals surface area (Å²) in [5.74, 6) is -0.137. The fourth-order valence-corrected chi connectivity index (χ4v) is 1.56. The standard InChI is InChI=1S/C14H20O3/c1-10-6-7-11(2)13(9-10)17-8-4-5-12(3)14(15)16/h6-7,9,12H,4-5,8H2,1-3H3,(H,15,16)/t12-/m0/s1. The number of aliphatic carboxylic acids is 1. The summed E-state index contributed by atoms with van der Waals surface area (Å²) in [6, 6.07) is 6.09. The highest BCUT2D eigenvalue weighted by atomic mass is 16.5. The number of benzene rings is 1. The van der Waals surface area contributed by atoms with Crippen molar-refractivity contribution in [2.45, 2.75) is 33.6 Å². The van der Waals surface area contributed by atoms with Gasteiger partial charge in [0.25, 0.3) is 0 Å². The summed E-state index contributed by atoms with van der Waals surface area (Å²) in [6.07, 6.45) is 1.42. The molecule has 0 saturated carbocycles. The van der Waals surface area contributed by atoms with E-state index in [9.17, 15) is 4.79 Å². The molecule has 0 radical (unpaired) electrons. The monoisotopic (exact) mass is 236 g/mol. The molecule has 94 valence electrons. The second-order valence-electron chi connectivity index (χ2n) is 4.50. The first-order valence-corrected chi connectivity index (χ1v) is 5.93. The van der Waals surface area contributed by atoms with Crippen LogP contribution in [0.3, 0.4) is 0 Å². The van der Waals surface area contributed by atoms with Crippen LogP contribution in [-0.2, 0) is 4.79 Å². The van der Waals surface area contributed by atoms with Crippen molar-refractivity contribution >= 4 is 5.97 Å². The van der Waals surface area contributed by atoms with Crippen molar-refractivity contribution < 1.29 is 14.6 Å². The quantitative estimate of drug-likeness (QED) is 0.772. The molecule has 1 N–H and O–H groups in total. The fraction of sp³-hybridized carbons (Fsp3) is 0.500. The Kier molecular flexibility index (Phi) is 5.01. The van der Waals surface area contributed by atoms with E-state index in [4.69, 9.17) is 9.84 Å². The van der Waals surface area contributed by atoms with Gasteiger partial charge in [-0.3, -0.25) is 4.79 Å². The van der Waals surface area contributed by atoms with Crippen LogP contribution in [0.4, 0.5) is 0 Å². The molecule has 1 aromatic rings. The normalized spacial score (nSPS) is 12.2. The van der Waals surface area contributed by atoms with Crippen molar-refractivity contribution in [1.82, 2.24) is 0 Å². The molecule has 0 aliphatic carbocycles. The molecule has 0 aromatic heterocycles. The predicted octanol–water partition coefficient (Wildman–Crippen LogP) is 3.18. The first kappa shape index (κ1) is 13.6. The van der Waals surface area contributed by atoms with Gasteiger partial charge in [-0.05, 0) is 43.9 Å². The number of carboxylic acids is 1. The Hall–Kier alpha value is -1.51. The lowest BCUT2D eigenvalue weighted by atomic mass is 10.1. The molecule has 1 aromatic carbocycles. The number of ether oxygens (including phenoxy) is 1. The van der Waals surface area contributed by atoms with Crippen LogP contribution in [0.15, 0.2) is 18.2 Å². The number of carboxylic acid groups (broad SMARTS) is 1. The second kappa shape index (κ2) is 6.28. The highest BCUT2D eigenvalue weighted by Gasteiger charge is 2.10. The number of carbonyl (C=O) groups is 1. The van der Waals surface area contributed by atoms with Crippen molar-refractivity contribution in [3.63, 3.8) is 0 Å². The summed E-state index contributed by atoms with van der Waals surface area (Å²) < 4.78 is 5.65. The van der Waals surface area contributed by atoms with Crippen LogP contribution in [0.5, 0.6) is 5.75 Å². The minimum atomic E-state index is -0.739. The third-order valence-corrected chi connectivity index (χ3v) is 2.80. The molecular formula is C14H20O3. The molecule has 0 bridgehead atoms. The Labute approximate surface area is 102 Å². The summed E-state index contributed by atoms with van der Waals surface area (Å²) in [5, 5.41) is 8.74. The Balaban J connectivity index is 2.36.